The number of carbonyl (C=O) groups excluding carboxylic acids is 1. The van der Waals surface area contributed by atoms with Crippen LogP contribution in [-0.4, -0.2) is 12.5 Å². The zero-order valence-corrected chi connectivity index (χ0v) is 12.2. The first-order valence-corrected chi connectivity index (χ1v) is 7.50. The Labute approximate surface area is 125 Å². The Hall–Kier alpha value is -2.29. The largest absolute Gasteiger partial charge is 0.384 e. The van der Waals surface area contributed by atoms with Gasteiger partial charge in [-0.1, -0.05) is 43.3 Å². The average molecular weight is 280 g/mol. The summed E-state index contributed by atoms with van der Waals surface area (Å²) < 4.78 is 0. The van der Waals surface area contributed by atoms with Crippen molar-refractivity contribution < 1.29 is 4.79 Å². The molecular weight excluding hydrogens is 260 g/mol. The van der Waals surface area contributed by atoms with Crippen LogP contribution in [0, 0.1) is 0 Å². The maximum absolute atomic E-state index is 12.4. The maximum atomic E-state index is 12.4. The molecule has 0 aliphatic carbocycles. The van der Waals surface area contributed by atoms with E-state index in [-0.39, 0.29) is 11.9 Å². The summed E-state index contributed by atoms with van der Waals surface area (Å²) in [6.45, 7) is 3.05. The molecule has 2 aromatic carbocycles. The van der Waals surface area contributed by atoms with Crippen molar-refractivity contribution in [3.05, 3.63) is 65.2 Å². The van der Waals surface area contributed by atoms with Crippen molar-refractivity contribution >= 4 is 11.6 Å². The number of fused-ring (bicyclic) bond motifs is 1. The summed E-state index contributed by atoms with van der Waals surface area (Å²) in [7, 11) is 0. The molecule has 1 aliphatic heterocycles. The van der Waals surface area contributed by atoms with Crippen LogP contribution in [-0.2, 0) is 6.42 Å². The van der Waals surface area contributed by atoms with Gasteiger partial charge in [0.25, 0.3) is 5.91 Å². The molecule has 1 heterocycles. The lowest BCUT2D eigenvalue weighted by atomic mass is 10.0. The van der Waals surface area contributed by atoms with Crippen molar-refractivity contribution in [2.75, 3.05) is 11.9 Å². The van der Waals surface area contributed by atoms with Gasteiger partial charge in [-0.15, -0.1) is 0 Å². The Kier molecular flexibility index (Phi) is 3.91. The van der Waals surface area contributed by atoms with Gasteiger partial charge in [0.2, 0.25) is 0 Å². The van der Waals surface area contributed by atoms with Crippen molar-refractivity contribution in [1.82, 2.24) is 5.32 Å². The Morgan fingerprint density at radius 3 is 2.81 bits per heavy atom. The maximum Gasteiger partial charge on any atom is 0.251 e. The van der Waals surface area contributed by atoms with Gasteiger partial charge in [-0.2, -0.15) is 0 Å². The molecule has 108 valence electrons. The number of rotatable bonds is 4. The molecule has 21 heavy (non-hydrogen) atoms. The van der Waals surface area contributed by atoms with E-state index in [0.717, 1.165) is 36.2 Å². The minimum absolute atomic E-state index is 0.0118. The molecule has 0 fully saturated rings. The molecule has 3 nitrogen and oxygen atoms in total. The standard InChI is InChI=1S/C18H20N2O/c1-2-16(13-6-4-3-5-7-13)20-18(21)15-9-8-14-10-11-19-17(14)12-15/h3-9,12,16,19H,2,10-11H2,1H3,(H,20,21). The van der Waals surface area contributed by atoms with E-state index in [9.17, 15) is 4.79 Å². The fourth-order valence-corrected chi connectivity index (χ4v) is 2.78. The highest BCUT2D eigenvalue weighted by atomic mass is 16.1. The van der Waals surface area contributed by atoms with Crippen LogP contribution in [0.2, 0.25) is 0 Å². The highest BCUT2D eigenvalue weighted by molar-refractivity contribution is 5.95. The third-order valence-corrected chi connectivity index (χ3v) is 4.00. The molecule has 0 bridgehead atoms. The normalized spacial score (nSPS) is 14.1. The summed E-state index contributed by atoms with van der Waals surface area (Å²) in [5.41, 5.74) is 4.25. The molecule has 2 aromatic rings. The van der Waals surface area contributed by atoms with Gasteiger partial charge >= 0.3 is 0 Å². The van der Waals surface area contributed by atoms with E-state index in [1.54, 1.807) is 0 Å². The van der Waals surface area contributed by atoms with Gasteiger partial charge in [0.1, 0.15) is 0 Å². The number of nitrogens with one attached hydrogen (secondary N) is 2. The SMILES string of the molecule is CCC(NC(=O)c1ccc2c(c1)NCC2)c1ccccc1. The lowest BCUT2D eigenvalue weighted by molar-refractivity contribution is 0.0935. The molecule has 1 unspecified atom stereocenters. The summed E-state index contributed by atoms with van der Waals surface area (Å²) in [6.07, 6.45) is 1.91. The fraction of sp³-hybridized carbons (Fsp3) is 0.278. The Bertz CT molecular complexity index is 637. The number of amides is 1. The molecular formula is C18H20N2O. The monoisotopic (exact) mass is 280 g/mol. The molecule has 0 aromatic heterocycles. The van der Waals surface area contributed by atoms with Crippen molar-refractivity contribution in [3.63, 3.8) is 0 Å². The number of hydrogen-bond acceptors (Lipinski definition) is 2. The predicted octanol–water partition coefficient (Wildman–Crippen LogP) is 3.54. The Morgan fingerprint density at radius 2 is 2.05 bits per heavy atom. The van der Waals surface area contributed by atoms with Gasteiger partial charge < -0.3 is 10.6 Å². The van der Waals surface area contributed by atoms with E-state index in [1.165, 1.54) is 5.56 Å². The van der Waals surface area contributed by atoms with Gasteiger partial charge in [-0.25, -0.2) is 0 Å². The van der Waals surface area contributed by atoms with Gasteiger partial charge in [0, 0.05) is 17.8 Å². The van der Waals surface area contributed by atoms with E-state index in [4.69, 9.17) is 0 Å². The molecule has 1 aliphatic rings. The second-order valence-electron chi connectivity index (χ2n) is 5.39. The third-order valence-electron chi connectivity index (χ3n) is 4.00. The number of carbonyl (C=O) groups is 1. The summed E-state index contributed by atoms with van der Waals surface area (Å²) in [4.78, 5) is 12.4. The molecule has 2 N–H and O–H groups in total. The first kappa shape index (κ1) is 13.7. The smallest absolute Gasteiger partial charge is 0.251 e. The molecule has 0 spiro atoms. The quantitative estimate of drug-likeness (QED) is 0.899. The third kappa shape index (κ3) is 2.92. The van der Waals surface area contributed by atoms with Gasteiger partial charge in [0.05, 0.1) is 6.04 Å². The van der Waals surface area contributed by atoms with Crippen LogP contribution in [0.15, 0.2) is 48.5 Å². The topological polar surface area (TPSA) is 41.1 Å². The highest BCUT2D eigenvalue weighted by Crippen LogP contribution is 2.24. The summed E-state index contributed by atoms with van der Waals surface area (Å²) in [6, 6.07) is 16.1. The van der Waals surface area contributed by atoms with Crippen molar-refractivity contribution in [1.29, 1.82) is 0 Å². The number of anilines is 1. The summed E-state index contributed by atoms with van der Waals surface area (Å²) in [5.74, 6) is -0.0118. The first-order valence-electron chi connectivity index (χ1n) is 7.50. The zero-order valence-electron chi connectivity index (χ0n) is 12.2. The van der Waals surface area contributed by atoms with Gasteiger partial charge in [-0.3, -0.25) is 4.79 Å². The molecule has 0 radical (unpaired) electrons. The Morgan fingerprint density at radius 1 is 1.24 bits per heavy atom. The van der Waals surface area contributed by atoms with E-state index in [2.05, 4.69) is 29.7 Å². The van der Waals surface area contributed by atoms with Crippen molar-refractivity contribution in [2.45, 2.75) is 25.8 Å². The minimum Gasteiger partial charge on any atom is -0.384 e. The van der Waals surface area contributed by atoms with E-state index in [0.29, 0.717) is 0 Å². The van der Waals surface area contributed by atoms with Crippen LogP contribution in [0.25, 0.3) is 0 Å². The average Bonchev–Trinajstić information content (AvgIpc) is 3.00. The van der Waals surface area contributed by atoms with Gasteiger partial charge in [0.15, 0.2) is 0 Å². The fourth-order valence-electron chi connectivity index (χ4n) is 2.78. The second-order valence-corrected chi connectivity index (χ2v) is 5.39. The van der Waals surface area contributed by atoms with Crippen LogP contribution in [0.1, 0.15) is 40.9 Å². The van der Waals surface area contributed by atoms with E-state index < -0.39 is 0 Å². The molecule has 0 saturated heterocycles. The summed E-state index contributed by atoms with van der Waals surface area (Å²) in [5, 5.41) is 6.44. The Balaban J connectivity index is 1.76. The highest BCUT2D eigenvalue weighted by Gasteiger charge is 2.16. The lowest BCUT2D eigenvalue weighted by Gasteiger charge is -2.17. The van der Waals surface area contributed by atoms with Crippen LogP contribution in [0.4, 0.5) is 5.69 Å². The van der Waals surface area contributed by atoms with Crippen LogP contribution >= 0.6 is 0 Å². The molecule has 1 amide bonds. The number of benzene rings is 2. The molecule has 0 saturated carbocycles. The molecule has 1 atom stereocenters. The van der Waals surface area contributed by atoms with Crippen molar-refractivity contribution in [3.8, 4) is 0 Å². The van der Waals surface area contributed by atoms with Crippen molar-refractivity contribution in [2.24, 2.45) is 0 Å². The van der Waals surface area contributed by atoms with E-state index >= 15 is 0 Å². The molecule has 3 rings (SSSR count). The minimum atomic E-state index is -0.0118. The number of hydrogen-bond donors (Lipinski definition) is 2. The van der Waals surface area contributed by atoms with Crippen LogP contribution in [0.3, 0.4) is 0 Å². The van der Waals surface area contributed by atoms with E-state index in [1.807, 2.05) is 36.4 Å². The lowest BCUT2D eigenvalue weighted by Crippen LogP contribution is -2.28. The first-order chi connectivity index (χ1) is 10.3. The zero-order chi connectivity index (χ0) is 14.7. The van der Waals surface area contributed by atoms with Gasteiger partial charge in [-0.05, 0) is 36.1 Å². The predicted molar refractivity (Wildman–Crippen MR) is 85.6 cm³/mol. The van der Waals surface area contributed by atoms with Crippen LogP contribution in [0.5, 0.6) is 0 Å². The second kappa shape index (κ2) is 6.00. The van der Waals surface area contributed by atoms with Crippen LogP contribution < -0.4 is 10.6 Å². The molecule has 3 heteroatoms. The summed E-state index contributed by atoms with van der Waals surface area (Å²) >= 11 is 0.